The lowest BCUT2D eigenvalue weighted by molar-refractivity contribution is -0.161. The summed E-state index contributed by atoms with van der Waals surface area (Å²) in [5.41, 5.74) is 0. The van der Waals surface area contributed by atoms with Gasteiger partial charge in [0, 0.05) is 25.7 Å². The fourth-order valence-corrected chi connectivity index (χ4v) is 12.2. The lowest BCUT2D eigenvalue weighted by Gasteiger charge is -2.21. The van der Waals surface area contributed by atoms with Crippen molar-refractivity contribution in [1.29, 1.82) is 0 Å². The van der Waals surface area contributed by atoms with Crippen LogP contribution in [0.3, 0.4) is 0 Å². The maximum atomic E-state index is 13.0. The molecular formula is C71H138O17P2. The molecule has 0 heterocycles. The van der Waals surface area contributed by atoms with E-state index >= 15 is 0 Å². The van der Waals surface area contributed by atoms with E-state index in [-0.39, 0.29) is 25.7 Å². The van der Waals surface area contributed by atoms with Crippen molar-refractivity contribution in [3.05, 3.63) is 0 Å². The molecule has 17 nitrogen and oxygen atoms in total. The predicted octanol–water partition coefficient (Wildman–Crippen LogP) is 20.1. The van der Waals surface area contributed by atoms with Gasteiger partial charge in [-0.1, -0.05) is 299 Å². The monoisotopic (exact) mass is 1320 g/mol. The van der Waals surface area contributed by atoms with Crippen LogP contribution in [0.25, 0.3) is 0 Å². The van der Waals surface area contributed by atoms with Crippen molar-refractivity contribution in [2.45, 2.75) is 369 Å². The van der Waals surface area contributed by atoms with Crippen LogP contribution < -0.4 is 0 Å². The Hall–Kier alpha value is -1.94. The number of phosphoric acid groups is 2. The van der Waals surface area contributed by atoms with Crippen molar-refractivity contribution in [2.24, 2.45) is 23.7 Å². The Labute approximate surface area is 549 Å². The third-order valence-corrected chi connectivity index (χ3v) is 18.6. The Morgan fingerprint density at radius 2 is 0.533 bits per heavy atom. The van der Waals surface area contributed by atoms with E-state index in [2.05, 4.69) is 55.4 Å². The first-order valence-corrected chi connectivity index (χ1v) is 39.7. The number of aliphatic hydroxyl groups is 1. The van der Waals surface area contributed by atoms with Gasteiger partial charge in [-0.05, 0) is 49.4 Å². The van der Waals surface area contributed by atoms with Crippen LogP contribution in [0, 0.1) is 23.7 Å². The molecule has 0 saturated carbocycles. The van der Waals surface area contributed by atoms with Crippen molar-refractivity contribution in [2.75, 3.05) is 39.6 Å². The zero-order chi connectivity index (χ0) is 66.8. The van der Waals surface area contributed by atoms with Gasteiger partial charge in [-0.15, -0.1) is 0 Å². The van der Waals surface area contributed by atoms with Crippen LogP contribution in [-0.4, -0.2) is 96.7 Å². The Kier molecular flexibility index (Phi) is 59.4. The van der Waals surface area contributed by atoms with E-state index < -0.39 is 97.5 Å². The highest BCUT2D eigenvalue weighted by Crippen LogP contribution is 2.45. The van der Waals surface area contributed by atoms with E-state index in [1.807, 2.05) is 0 Å². The lowest BCUT2D eigenvalue weighted by Crippen LogP contribution is -2.30. The molecule has 0 aliphatic heterocycles. The molecule has 534 valence electrons. The van der Waals surface area contributed by atoms with Crippen LogP contribution in [0.15, 0.2) is 0 Å². The van der Waals surface area contributed by atoms with Gasteiger partial charge in [0.15, 0.2) is 12.2 Å². The van der Waals surface area contributed by atoms with Gasteiger partial charge in [-0.25, -0.2) is 9.13 Å². The molecule has 0 rings (SSSR count). The van der Waals surface area contributed by atoms with E-state index in [1.54, 1.807) is 0 Å². The predicted molar refractivity (Wildman–Crippen MR) is 363 cm³/mol. The SMILES string of the molecule is CCC(C)CCCCCCCCCCCCCCCCCCCCC(=O)O[C@H](COC(=O)CCCCCCCCCC(C)C)COP(=O)(O)OCC(O)COP(=O)(O)OC[C@@H](COC(=O)CCCCCCCCC(C)C)OC(=O)CCCCCCCCC(C)C. The molecule has 0 saturated heterocycles. The standard InChI is InChI=1S/C71H138O17P2/c1-9-64(8)50-42-34-24-20-18-16-14-12-10-11-13-15-17-19-21-25-37-45-53-70(75)87-66(57-81-68(73)51-43-35-26-22-23-31-39-47-61(2)3)59-85-89(77,78)83-55-65(72)56-84-90(79,80)86-60-67(88-71(76)54-46-38-30-28-33-41-49-63(6)7)58-82-69(74)52-44-36-29-27-32-40-48-62(4)5/h61-67,72H,9-60H2,1-8H3,(H,77,78)(H,79,80)/t64?,65?,66-,67-/m1/s1. The fourth-order valence-electron chi connectivity index (χ4n) is 10.6. The molecule has 0 aliphatic carbocycles. The van der Waals surface area contributed by atoms with Crippen molar-refractivity contribution in [1.82, 2.24) is 0 Å². The first-order chi connectivity index (χ1) is 43.1. The van der Waals surface area contributed by atoms with Crippen LogP contribution in [0.1, 0.15) is 351 Å². The normalized spacial score (nSPS) is 14.6. The molecule has 0 aromatic carbocycles. The summed E-state index contributed by atoms with van der Waals surface area (Å²) in [5, 5.41) is 10.6. The number of unbranched alkanes of at least 4 members (excludes halogenated alkanes) is 33. The van der Waals surface area contributed by atoms with E-state index in [4.69, 9.17) is 37.0 Å². The summed E-state index contributed by atoms with van der Waals surface area (Å²) >= 11 is 0. The number of aliphatic hydroxyl groups excluding tert-OH is 1. The average Bonchev–Trinajstić information content (AvgIpc) is 3.17. The quantitative estimate of drug-likeness (QED) is 0.0222. The minimum Gasteiger partial charge on any atom is -0.462 e. The van der Waals surface area contributed by atoms with E-state index in [0.717, 1.165) is 109 Å². The highest BCUT2D eigenvalue weighted by molar-refractivity contribution is 7.47. The Bertz CT molecular complexity index is 1780. The van der Waals surface area contributed by atoms with Gasteiger partial charge in [0.05, 0.1) is 26.4 Å². The molecule has 4 unspecified atom stereocenters. The second kappa shape index (κ2) is 60.7. The average molecular weight is 1330 g/mol. The summed E-state index contributed by atoms with van der Waals surface area (Å²) in [6.45, 7) is 14.0. The van der Waals surface area contributed by atoms with Gasteiger partial charge in [-0.3, -0.25) is 37.3 Å². The smallest absolute Gasteiger partial charge is 0.462 e. The highest BCUT2D eigenvalue weighted by atomic mass is 31.2. The minimum atomic E-state index is -4.95. The third kappa shape index (κ3) is 63.5. The molecule has 0 radical (unpaired) electrons. The molecule has 0 fully saturated rings. The van der Waals surface area contributed by atoms with Gasteiger partial charge in [0.25, 0.3) is 0 Å². The summed E-state index contributed by atoms with van der Waals surface area (Å²) < 4.78 is 68.1. The molecule has 0 aromatic rings. The summed E-state index contributed by atoms with van der Waals surface area (Å²) in [6, 6.07) is 0. The summed E-state index contributed by atoms with van der Waals surface area (Å²) in [7, 11) is -9.90. The molecule has 90 heavy (non-hydrogen) atoms. The molecular weight excluding hydrogens is 1190 g/mol. The minimum absolute atomic E-state index is 0.101. The summed E-state index contributed by atoms with van der Waals surface area (Å²) in [6.07, 6.45) is 43.7. The molecule has 6 atom stereocenters. The number of carbonyl (C=O) groups is 4. The van der Waals surface area contributed by atoms with E-state index in [9.17, 15) is 43.2 Å². The molecule has 19 heteroatoms. The van der Waals surface area contributed by atoms with Crippen LogP contribution in [-0.2, 0) is 65.4 Å². The first-order valence-electron chi connectivity index (χ1n) is 36.7. The zero-order valence-corrected chi connectivity index (χ0v) is 60.6. The van der Waals surface area contributed by atoms with Crippen LogP contribution in [0.2, 0.25) is 0 Å². The van der Waals surface area contributed by atoms with Crippen LogP contribution in [0.5, 0.6) is 0 Å². The molecule has 0 bridgehead atoms. The Balaban J connectivity index is 5.12. The fraction of sp³-hybridized carbons (Fsp3) is 0.944. The number of hydrogen-bond donors (Lipinski definition) is 3. The van der Waals surface area contributed by atoms with Gasteiger partial charge in [-0.2, -0.15) is 0 Å². The van der Waals surface area contributed by atoms with Crippen molar-refractivity contribution in [3.63, 3.8) is 0 Å². The molecule has 3 N–H and O–H groups in total. The molecule has 0 aromatic heterocycles. The van der Waals surface area contributed by atoms with Gasteiger partial charge >= 0.3 is 39.5 Å². The van der Waals surface area contributed by atoms with Crippen LogP contribution >= 0.6 is 15.6 Å². The number of phosphoric ester groups is 2. The van der Waals surface area contributed by atoms with Crippen molar-refractivity contribution >= 4 is 39.5 Å². The number of esters is 4. The number of ether oxygens (including phenoxy) is 4. The number of hydrogen-bond acceptors (Lipinski definition) is 15. The number of rotatable bonds is 68. The molecule has 0 spiro atoms. The third-order valence-electron chi connectivity index (χ3n) is 16.7. The van der Waals surface area contributed by atoms with Gasteiger partial charge in [0.2, 0.25) is 0 Å². The van der Waals surface area contributed by atoms with Crippen LogP contribution in [0.4, 0.5) is 0 Å². The van der Waals surface area contributed by atoms with Gasteiger partial charge in [0.1, 0.15) is 19.3 Å². The largest absolute Gasteiger partial charge is 0.472 e. The second-order valence-corrected chi connectivity index (χ2v) is 30.2. The Morgan fingerprint density at radius 1 is 0.311 bits per heavy atom. The maximum absolute atomic E-state index is 13.0. The Morgan fingerprint density at radius 3 is 0.789 bits per heavy atom. The lowest BCUT2D eigenvalue weighted by atomic mass is 9.99. The van der Waals surface area contributed by atoms with Gasteiger partial charge < -0.3 is 33.8 Å². The van der Waals surface area contributed by atoms with E-state index in [1.165, 1.54) is 141 Å². The van der Waals surface area contributed by atoms with Crippen molar-refractivity contribution in [3.8, 4) is 0 Å². The highest BCUT2D eigenvalue weighted by Gasteiger charge is 2.30. The van der Waals surface area contributed by atoms with E-state index in [0.29, 0.717) is 43.4 Å². The summed E-state index contributed by atoms with van der Waals surface area (Å²) in [4.78, 5) is 72.4. The maximum Gasteiger partial charge on any atom is 0.472 e. The topological polar surface area (TPSA) is 237 Å². The molecule has 0 aliphatic rings. The summed E-state index contributed by atoms with van der Waals surface area (Å²) in [5.74, 6) is 0.788. The first kappa shape index (κ1) is 88.1. The zero-order valence-electron chi connectivity index (χ0n) is 58.8. The molecule has 0 amide bonds. The number of carbonyl (C=O) groups excluding carboxylic acids is 4. The van der Waals surface area contributed by atoms with Crippen molar-refractivity contribution < 1.29 is 80.2 Å². The second-order valence-electron chi connectivity index (χ2n) is 27.3.